The second-order valence-corrected chi connectivity index (χ2v) is 5.97. The molecule has 2 aromatic heterocycles. The molecular weight excluding hydrogens is 328 g/mol. The van der Waals surface area contributed by atoms with Gasteiger partial charge >= 0.3 is 0 Å². The van der Waals surface area contributed by atoms with Crippen LogP contribution in [0.3, 0.4) is 0 Å². The largest absolute Gasteiger partial charge is 0.308 e. The Kier molecular flexibility index (Phi) is 4.62. The van der Waals surface area contributed by atoms with E-state index < -0.39 is 0 Å². The summed E-state index contributed by atoms with van der Waals surface area (Å²) in [7, 11) is 3.74. The summed E-state index contributed by atoms with van der Waals surface area (Å²) in [5.74, 6) is 0.329. The topological polar surface area (TPSA) is 58.1 Å². The molecule has 1 N–H and O–H groups in total. The fraction of sp³-hybridized carbons (Fsp3) is 0.250. The number of carbonyl (C=O) groups excluding carboxylic acids is 1. The Morgan fingerprint density at radius 1 is 1.47 bits per heavy atom. The lowest BCUT2D eigenvalue weighted by Crippen LogP contribution is -2.31. The lowest BCUT2D eigenvalue weighted by atomic mass is 10.2. The third-order valence-electron chi connectivity index (χ3n) is 2.44. The molecule has 1 atom stereocenters. The van der Waals surface area contributed by atoms with Gasteiger partial charge in [-0.15, -0.1) is 11.3 Å². The number of halogens is 1. The van der Waals surface area contributed by atoms with Crippen molar-refractivity contribution in [1.29, 1.82) is 0 Å². The zero-order valence-electron chi connectivity index (χ0n) is 10.5. The van der Waals surface area contributed by atoms with Crippen LogP contribution in [0.2, 0.25) is 0 Å². The molecule has 0 aliphatic heterocycles. The van der Waals surface area contributed by atoms with Crippen molar-refractivity contribution in [2.45, 2.75) is 6.04 Å². The predicted molar refractivity (Wildman–Crippen MR) is 79.1 cm³/mol. The number of aromatic nitrogens is 2. The molecule has 0 saturated heterocycles. The minimum absolute atomic E-state index is 0.125. The molecule has 0 aliphatic carbocycles. The van der Waals surface area contributed by atoms with Gasteiger partial charge in [0, 0.05) is 27.1 Å². The van der Waals surface area contributed by atoms with E-state index in [1.807, 2.05) is 30.4 Å². The summed E-state index contributed by atoms with van der Waals surface area (Å²) in [5.41, 5.74) is 0. The number of nitrogens with one attached hydrogen (secondary N) is 1. The molecule has 0 saturated carbocycles. The number of hydrogen-bond donors (Lipinski definition) is 1. The van der Waals surface area contributed by atoms with Gasteiger partial charge in [0.05, 0.1) is 6.20 Å². The molecule has 0 spiro atoms. The molecule has 0 fully saturated rings. The predicted octanol–water partition coefficient (Wildman–Crippen LogP) is 2.54. The van der Waals surface area contributed by atoms with Crippen LogP contribution in [0.4, 0.5) is 5.82 Å². The summed E-state index contributed by atoms with van der Waals surface area (Å²) in [6.07, 6.45) is 4.63. The number of rotatable bonds is 4. The van der Waals surface area contributed by atoms with Crippen LogP contribution in [-0.4, -0.2) is 34.9 Å². The first-order valence-corrected chi connectivity index (χ1v) is 7.22. The summed E-state index contributed by atoms with van der Waals surface area (Å²) in [6, 6.07) is 1.60. The highest BCUT2D eigenvalue weighted by Crippen LogP contribution is 2.29. The molecule has 0 aliphatic rings. The number of amides is 1. The van der Waals surface area contributed by atoms with Crippen LogP contribution in [-0.2, 0) is 4.79 Å². The van der Waals surface area contributed by atoms with Crippen LogP contribution in [0, 0.1) is 0 Å². The Morgan fingerprint density at radius 3 is 2.79 bits per heavy atom. The van der Waals surface area contributed by atoms with Crippen LogP contribution in [0.25, 0.3) is 0 Å². The second-order valence-electron chi connectivity index (χ2n) is 4.11. The second kappa shape index (κ2) is 6.23. The molecule has 0 radical (unpaired) electrons. The average molecular weight is 341 g/mol. The molecule has 19 heavy (non-hydrogen) atoms. The highest BCUT2D eigenvalue weighted by atomic mass is 79.9. The summed E-state index contributed by atoms with van der Waals surface area (Å²) < 4.78 is 0.978. The Morgan fingerprint density at radius 2 is 2.26 bits per heavy atom. The van der Waals surface area contributed by atoms with E-state index in [-0.39, 0.29) is 11.9 Å². The third kappa shape index (κ3) is 3.59. The number of hydrogen-bond acceptors (Lipinski definition) is 5. The summed E-state index contributed by atoms with van der Waals surface area (Å²) >= 11 is 4.94. The molecule has 0 bridgehead atoms. The van der Waals surface area contributed by atoms with Crippen molar-refractivity contribution < 1.29 is 4.79 Å². The van der Waals surface area contributed by atoms with E-state index in [1.165, 1.54) is 17.5 Å². The van der Waals surface area contributed by atoms with Gasteiger partial charge in [0.1, 0.15) is 6.04 Å². The maximum absolute atomic E-state index is 12.3. The maximum atomic E-state index is 12.3. The van der Waals surface area contributed by atoms with E-state index in [1.54, 1.807) is 12.4 Å². The Labute approximate surface area is 123 Å². The van der Waals surface area contributed by atoms with Gasteiger partial charge in [0.2, 0.25) is 5.91 Å². The molecule has 5 nitrogen and oxygen atoms in total. The standard InChI is InChI=1S/C12H13BrN4OS/c1-17(2)11(9-5-8(13)7-19-9)12(18)16-10-6-14-3-4-15-10/h3-7,11H,1-2H3,(H,15,16,18). The van der Waals surface area contributed by atoms with E-state index in [0.29, 0.717) is 5.82 Å². The highest BCUT2D eigenvalue weighted by molar-refractivity contribution is 9.10. The van der Waals surface area contributed by atoms with Crippen molar-refractivity contribution in [3.05, 3.63) is 39.4 Å². The zero-order chi connectivity index (χ0) is 13.8. The Bertz CT molecular complexity index is 558. The van der Waals surface area contributed by atoms with Crippen LogP contribution in [0.1, 0.15) is 10.9 Å². The number of thiophene rings is 1. The molecule has 100 valence electrons. The molecule has 1 unspecified atom stereocenters. The number of carbonyl (C=O) groups is 1. The first-order valence-electron chi connectivity index (χ1n) is 5.55. The number of nitrogens with zero attached hydrogens (tertiary/aromatic N) is 3. The summed E-state index contributed by atoms with van der Waals surface area (Å²) in [6.45, 7) is 0. The first kappa shape index (κ1) is 14.1. The molecule has 2 heterocycles. The average Bonchev–Trinajstić information content (AvgIpc) is 2.76. The van der Waals surface area contributed by atoms with Gasteiger partial charge in [-0.2, -0.15) is 0 Å². The third-order valence-corrected chi connectivity index (χ3v) is 4.18. The number of anilines is 1. The van der Waals surface area contributed by atoms with Crippen LogP contribution in [0.15, 0.2) is 34.5 Å². The SMILES string of the molecule is CN(C)C(C(=O)Nc1cnccn1)c1cc(Br)cs1. The van der Waals surface area contributed by atoms with Crippen molar-refractivity contribution >= 4 is 39.0 Å². The van der Waals surface area contributed by atoms with Gasteiger partial charge in [-0.1, -0.05) is 0 Å². The lowest BCUT2D eigenvalue weighted by molar-refractivity contribution is -0.120. The summed E-state index contributed by atoms with van der Waals surface area (Å²) in [4.78, 5) is 23.1. The smallest absolute Gasteiger partial charge is 0.248 e. The Hall–Kier alpha value is -1.31. The van der Waals surface area contributed by atoms with E-state index >= 15 is 0 Å². The van der Waals surface area contributed by atoms with Gasteiger partial charge in [0.25, 0.3) is 0 Å². The van der Waals surface area contributed by atoms with Gasteiger partial charge < -0.3 is 5.32 Å². The monoisotopic (exact) mass is 340 g/mol. The molecule has 2 aromatic rings. The molecule has 7 heteroatoms. The quantitative estimate of drug-likeness (QED) is 0.929. The fourth-order valence-electron chi connectivity index (χ4n) is 1.65. The molecule has 0 aromatic carbocycles. The van der Waals surface area contributed by atoms with E-state index in [0.717, 1.165) is 9.35 Å². The lowest BCUT2D eigenvalue weighted by Gasteiger charge is -2.21. The van der Waals surface area contributed by atoms with Crippen molar-refractivity contribution in [2.75, 3.05) is 19.4 Å². The van der Waals surface area contributed by atoms with E-state index in [9.17, 15) is 4.79 Å². The van der Waals surface area contributed by atoms with Gasteiger partial charge in [-0.3, -0.25) is 14.7 Å². The number of likely N-dealkylation sites (N-methyl/N-ethyl adjacent to an activating group) is 1. The van der Waals surface area contributed by atoms with E-state index in [2.05, 4.69) is 31.2 Å². The van der Waals surface area contributed by atoms with Crippen molar-refractivity contribution in [1.82, 2.24) is 14.9 Å². The van der Waals surface area contributed by atoms with Crippen molar-refractivity contribution in [3.8, 4) is 0 Å². The summed E-state index contributed by atoms with van der Waals surface area (Å²) in [5, 5.41) is 4.73. The van der Waals surface area contributed by atoms with Crippen LogP contribution >= 0.6 is 27.3 Å². The molecular formula is C12H13BrN4OS. The van der Waals surface area contributed by atoms with Gasteiger partial charge in [-0.25, -0.2) is 4.98 Å². The van der Waals surface area contributed by atoms with Crippen molar-refractivity contribution in [3.63, 3.8) is 0 Å². The first-order chi connectivity index (χ1) is 9.08. The molecule has 1 amide bonds. The maximum Gasteiger partial charge on any atom is 0.248 e. The fourth-order valence-corrected chi connectivity index (χ4v) is 3.29. The zero-order valence-corrected chi connectivity index (χ0v) is 12.9. The van der Waals surface area contributed by atoms with E-state index in [4.69, 9.17) is 0 Å². The van der Waals surface area contributed by atoms with Crippen LogP contribution in [0.5, 0.6) is 0 Å². The minimum atomic E-state index is -0.349. The van der Waals surface area contributed by atoms with Gasteiger partial charge in [-0.05, 0) is 36.1 Å². The normalized spacial score (nSPS) is 12.4. The molecule has 2 rings (SSSR count). The van der Waals surface area contributed by atoms with Crippen LogP contribution < -0.4 is 5.32 Å². The van der Waals surface area contributed by atoms with Crippen molar-refractivity contribution in [2.24, 2.45) is 0 Å². The highest BCUT2D eigenvalue weighted by Gasteiger charge is 2.24. The van der Waals surface area contributed by atoms with Gasteiger partial charge in [0.15, 0.2) is 5.82 Å². The Balaban J connectivity index is 2.18. The minimum Gasteiger partial charge on any atom is -0.308 e.